The molecule has 0 aliphatic rings. The molecule has 0 N–H and O–H groups in total. The summed E-state index contributed by atoms with van der Waals surface area (Å²) in [5, 5.41) is 6.61. The highest BCUT2D eigenvalue weighted by molar-refractivity contribution is 5.10. The van der Waals surface area contributed by atoms with E-state index in [2.05, 4.69) is 10.2 Å². The van der Waals surface area contributed by atoms with Gasteiger partial charge in [0.2, 0.25) is 0 Å². The van der Waals surface area contributed by atoms with Crippen LogP contribution in [0.5, 0.6) is 0 Å². The second-order valence-corrected chi connectivity index (χ2v) is 1.96. The third-order valence-electron chi connectivity index (χ3n) is 1.03. The van der Waals surface area contributed by atoms with Gasteiger partial charge in [-0.2, -0.15) is 5.10 Å². The summed E-state index contributed by atoms with van der Waals surface area (Å²) in [6.45, 7) is 1.70. The Morgan fingerprint density at radius 2 is 2.20 bits per heavy atom. The number of hydrogen-bond acceptors (Lipinski definition) is 2. The summed E-state index contributed by atoms with van der Waals surface area (Å²) in [6.07, 6.45) is -1.08. The third kappa shape index (κ3) is 1.46. The quantitative estimate of drug-likeness (QED) is 0.599. The molecule has 0 aliphatic carbocycles. The molecular formula is C6H6F2N2. The molecule has 1 aromatic heterocycles. The molecule has 2 nitrogen and oxygen atoms in total. The van der Waals surface area contributed by atoms with Crippen molar-refractivity contribution in [1.82, 2.24) is 10.2 Å². The second-order valence-electron chi connectivity index (χ2n) is 1.96. The summed E-state index contributed by atoms with van der Waals surface area (Å²) in [4.78, 5) is 0. The fourth-order valence-corrected chi connectivity index (χ4v) is 0.593. The molecule has 1 aromatic rings. The number of aromatic nitrogens is 2. The Kier molecular flexibility index (Phi) is 1.89. The minimum atomic E-state index is -2.52. The van der Waals surface area contributed by atoms with E-state index in [9.17, 15) is 8.78 Å². The minimum Gasteiger partial charge on any atom is -0.203 e. The van der Waals surface area contributed by atoms with Crippen molar-refractivity contribution in [2.75, 3.05) is 0 Å². The molecule has 0 amide bonds. The van der Waals surface area contributed by atoms with E-state index >= 15 is 0 Å². The van der Waals surface area contributed by atoms with Gasteiger partial charge in [-0.1, -0.05) is 0 Å². The molecule has 0 spiro atoms. The lowest BCUT2D eigenvalue weighted by molar-refractivity contribution is 0.144. The Morgan fingerprint density at radius 3 is 2.60 bits per heavy atom. The smallest absolute Gasteiger partial charge is 0.203 e. The van der Waals surface area contributed by atoms with Crippen molar-refractivity contribution in [3.8, 4) is 0 Å². The van der Waals surface area contributed by atoms with Crippen molar-refractivity contribution in [1.29, 1.82) is 0 Å². The van der Waals surface area contributed by atoms with E-state index in [1.165, 1.54) is 12.3 Å². The SMILES string of the molecule is Cc1cnnc(C(F)F)c1. The highest BCUT2D eigenvalue weighted by Gasteiger charge is 2.07. The molecule has 10 heavy (non-hydrogen) atoms. The molecule has 0 bridgehead atoms. The standard InChI is InChI=1S/C6H6F2N2/c1-4-2-5(6(7)8)10-9-3-4/h2-3,6H,1H3. The van der Waals surface area contributed by atoms with E-state index < -0.39 is 6.43 Å². The predicted octanol–water partition coefficient (Wildman–Crippen LogP) is 1.72. The molecule has 1 rings (SSSR count). The van der Waals surface area contributed by atoms with Crippen molar-refractivity contribution < 1.29 is 8.78 Å². The second kappa shape index (κ2) is 2.68. The zero-order chi connectivity index (χ0) is 7.56. The molecule has 0 saturated heterocycles. The maximum atomic E-state index is 11.8. The Hall–Kier alpha value is -1.06. The van der Waals surface area contributed by atoms with Crippen LogP contribution in [-0.4, -0.2) is 10.2 Å². The van der Waals surface area contributed by atoms with Gasteiger partial charge in [-0.15, -0.1) is 5.10 Å². The van der Waals surface area contributed by atoms with E-state index in [1.807, 2.05) is 0 Å². The minimum absolute atomic E-state index is 0.264. The predicted molar refractivity (Wildman–Crippen MR) is 31.7 cm³/mol. The van der Waals surface area contributed by atoms with E-state index in [0.29, 0.717) is 5.56 Å². The molecule has 1 heterocycles. The number of aryl methyl sites for hydroxylation is 1. The van der Waals surface area contributed by atoms with Crippen LogP contribution in [0, 0.1) is 6.92 Å². The zero-order valence-corrected chi connectivity index (χ0v) is 5.38. The first-order valence-electron chi connectivity index (χ1n) is 2.77. The van der Waals surface area contributed by atoms with E-state index in [4.69, 9.17) is 0 Å². The van der Waals surface area contributed by atoms with Gasteiger partial charge < -0.3 is 0 Å². The fraction of sp³-hybridized carbons (Fsp3) is 0.333. The monoisotopic (exact) mass is 144 g/mol. The van der Waals surface area contributed by atoms with Gasteiger partial charge in [-0.05, 0) is 18.6 Å². The molecule has 0 aromatic carbocycles. The maximum absolute atomic E-state index is 11.8. The van der Waals surface area contributed by atoms with Crippen LogP contribution >= 0.6 is 0 Å². The molecule has 0 saturated carbocycles. The average Bonchev–Trinajstić information content (AvgIpc) is 1.88. The van der Waals surface area contributed by atoms with Crippen molar-refractivity contribution in [3.63, 3.8) is 0 Å². The number of hydrogen-bond donors (Lipinski definition) is 0. The van der Waals surface area contributed by atoms with Crippen molar-refractivity contribution in [2.45, 2.75) is 13.3 Å². The first kappa shape index (κ1) is 7.05. The van der Waals surface area contributed by atoms with Crippen molar-refractivity contribution in [2.24, 2.45) is 0 Å². The molecule has 4 heteroatoms. The molecule has 0 aliphatic heterocycles. The van der Waals surface area contributed by atoms with Crippen LogP contribution in [0.4, 0.5) is 8.78 Å². The number of halogens is 2. The highest BCUT2D eigenvalue weighted by atomic mass is 19.3. The summed E-state index contributed by atoms with van der Waals surface area (Å²) in [5.41, 5.74) is 0.435. The Balaban J connectivity index is 2.96. The van der Waals surface area contributed by atoms with Crippen molar-refractivity contribution >= 4 is 0 Å². The molecule has 0 radical (unpaired) electrons. The normalized spacial score (nSPS) is 10.4. The summed E-state index contributed by atoms with van der Waals surface area (Å²) >= 11 is 0. The first-order valence-corrected chi connectivity index (χ1v) is 2.77. The van der Waals surface area contributed by atoms with Gasteiger partial charge in [0.1, 0.15) is 5.69 Å². The summed E-state index contributed by atoms with van der Waals surface area (Å²) < 4.78 is 23.7. The van der Waals surface area contributed by atoms with Crippen LogP contribution in [0.3, 0.4) is 0 Å². The summed E-state index contributed by atoms with van der Waals surface area (Å²) in [7, 11) is 0. The van der Waals surface area contributed by atoms with Crippen LogP contribution in [0.1, 0.15) is 17.7 Å². The zero-order valence-electron chi connectivity index (χ0n) is 5.38. The van der Waals surface area contributed by atoms with E-state index in [1.54, 1.807) is 6.92 Å². The van der Waals surface area contributed by atoms with E-state index in [0.717, 1.165) is 0 Å². The van der Waals surface area contributed by atoms with Crippen LogP contribution in [0.25, 0.3) is 0 Å². The van der Waals surface area contributed by atoms with Crippen molar-refractivity contribution in [3.05, 3.63) is 23.5 Å². The molecule has 0 unspecified atom stereocenters. The van der Waals surface area contributed by atoms with Gasteiger partial charge in [0, 0.05) is 0 Å². The molecule has 0 atom stereocenters. The van der Waals surface area contributed by atoms with Crippen LogP contribution in [0.2, 0.25) is 0 Å². The summed E-state index contributed by atoms with van der Waals surface area (Å²) in [5.74, 6) is 0. The topological polar surface area (TPSA) is 25.8 Å². The first-order chi connectivity index (χ1) is 4.70. The molecular weight excluding hydrogens is 138 g/mol. The van der Waals surface area contributed by atoms with E-state index in [-0.39, 0.29) is 5.69 Å². The largest absolute Gasteiger partial charge is 0.282 e. The van der Waals surface area contributed by atoms with Gasteiger partial charge in [0.15, 0.2) is 0 Å². The van der Waals surface area contributed by atoms with Crippen LogP contribution in [0.15, 0.2) is 12.3 Å². The van der Waals surface area contributed by atoms with Gasteiger partial charge in [-0.3, -0.25) is 0 Å². The van der Waals surface area contributed by atoms with Gasteiger partial charge in [0.25, 0.3) is 6.43 Å². The number of rotatable bonds is 1. The Morgan fingerprint density at radius 1 is 1.50 bits per heavy atom. The summed E-state index contributed by atoms with van der Waals surface area (Å²) in [6, 6.07) is 1.32. The Labute approximate surface area is 56.9 Å². The fourth-order valence-electron chi connectivity index (χ4n) is 0.593. The lowest BCUT2D eigenvalue weighted by Gasteiger charge is -1.95. The Bertz CT molecular complexity index is 225. The lowest BCUT2D eigenvalue weighted by atomic mass is 10.3. The number of alkyl halides is 2. The average molecular weight is 144 g/mol. The van der Waals surface area contributed by atoms with Crippen LogP contribution < -0.4 is 0 Å². The molecule has 0 fully saturated rings. The number of nitrogens with zero attached hydrogens (tertiary/aromatic N) is 2. The van der Waals surface area contributed by atoms with Gasteiger partial charge >= 0.3 is 0 Å². The van der Waals surface area contributed by atoms with Crippen LogP contribution in [-0.2, 0) is 0 Å². The van der Waals surface area contributed by atoms with Gasteiger partial charge in [0.05, 0.1) is 6.20 Å². The molecule has 54 valence electrons. The highest BCUT2D eigenvalue weighted by Crippen LogP contribution is 2.14. The maximum Gasteiger partial charge on any atom is 0.282 e. The third-order valence-corrected chi connectivity index (χ3v) is 1.03. The lowest BCUT2D eigenvalue weighted by Crippen LogP contribution is -1.92. The van der Waals surface area contributed by atoms with Gasteiger partial charge in [-0.25, -0.2) is 8.78 Å².